The molecule has 4 heterocycles. The van der Waals surface area contributed by atoms with Crippen LogP contribution < -0.4 is 72.4 Å². The number of carbonyl (C=O) groups excluding carboxylic acids is 7. The number of fused-ring (bicyclic) bond motifs is 13. The summed E-state index contributed by atoms with van der Waals surface area (Å²) in [5, 5.41) is 67.8. The number of allylic oxidation sites excluding steroid dienone is 3. The normalized spacial score (nSPS) is 28.1. The van der Waals surface area contributed by atoms with Crippen molar-refractivity contribution in [1.29, 1.82) is 0 Å². The van der Waals surface area contributed by atoms with Gasteiger partial charge in [0.25, 0.3) is 10.0 Å². The Hall–Kier alpha value is -9.33. The van der Waals surface area contributed by atoms with Crippen molar-refractivity contribution in [2.45, 2.75) is 189 Å². The first-order valence-corrected chi connectivity index (χ1v) is 40.5. The Morgan fingerprint density at radius 1 is 0.857 bits per heavy atom. The number of nitrogens with one attached hydrogen (secondary N) is 8. The number of aliphatic hydroxyl groups excluding tert-OH is 2. The van der Waals surface area contributed by atoms with E-state index >= 15 is 14.4 Å². The molecule has 5 aliphatic carbocycles. The number of hydrogen-bond donors (Lipinski definition) is 14. The topological polar surface area (TPSA) is 429 Å². The van der Waals surface area contributed by atoms with E-state index in [1.54, 1.807) is 12.2 Å². The Morgan fingerprint density at radius 2 is 1.63 bits per heavy atom. The predicted octanol–water partition coefficient (Wildman–Crippen LogP) is 7.30. The highest BCUT2D eigenvalue weighted by Crippen LogP contribution is 2.75. The third kappa shape index (κ3) is 18.8. The minimum absolute atomic E-state index is 0.00447. The van der Waals surface area contributed by atoms with E-state index < -0.39 is 113 Å². The fourth-order valence-electron chi connectivity index (χ4n) is 17.5. The number of primary amides is 1. The summed E-state index contributed by atoms with van der Waals surface area (Å²) in [7, 11) is -1.89. The molecule has 7 amide bonds. The van der Waals surface area contributed by atoms with E-state index in [1.807, 2.05) is 31.6 Å². The molecule has 1 spiro atoms. The van der Waals surface area contributed by atoms with Gasteiger partial charge < -0.3 is 92.8 Å². The van der Waals surface area contributed by atoms with Crippen LogP contribution in [0.2, 0.25) is 5.02 Å². The van der Waals surface area contributed by atoms with Crippen molar-refractivity contribution in [3.63, 3.8) is 0 Å². The van der Waals surface area contributed by atoms with E-state index in [4.69, 9.17) is 46.8 Å². The van der Waals surface area contributed by atoms with E-state index in [0.29, 0.717) is 59.8 Å². The second-order valence-corrected chi connectivity index (χ2v) is 33.4. The summed E-state index contributed by atoms with van der Waals surface area (Å²) in [6, 6.07) is 8.77. The fraction of sp³-hybridized carbons (Fsp3) is 0.500. The molecule has 28 nitrogen and oxygen atoms in total. The molecule has 9 aliphatic rings. The molecule has 17 atom stereocenters. The van der Waals surface area contributed by atoms with E-state index in [2.05, 4.69) is 43.8 Å². The molecule has 112 heavy (non-hydrogen) atoms. The molecule has 0 radical (unpaired) electrons. The van der Waals surface area contributed by atoms with Gasteiger partial charge in [0.15, 0.2) is 11.5 Å². The second-order valence-electron chi connectivity index (χ2n) is 31.4. The van der Waals surface area contributed by atoms with Crippen LogP contribution in [-0.2, 0) is 54.7 Å². The lowest BCUT2D eigenvalue weighted by atomic mass is 9.54. The number of sulfonamides is 1. The van der Waals surface area contributed by atoms with Gasteiger partial charge in [-0.25, -0.2) is 13.1 Å². The van der Waals surface area contributed by atoms with Gasteiger partial charge in [-0.3, -0.25) is 33.6 Å². The smallest absolute Gasteiger partial charge is 0.264 e. The molecule has 0 aromatic heterocycles. The molecule has 5 aromatic carbocycles. The average molecular weight is 1580 g/mol. The number of ether oxygens (including phenoxy) is 5. The molecule has 1 saturated heterocycles. The number of unbranched alkanes of at least 4 members (excludes halogenated alkanes) is 1. The van der Waals surface area contributed by atoms with Crippen LogP contribution in [0.15, 0.2) is 115 Å². The number of methoxy groups -OCH3 is 1. The molecule has 17 unspecified atom stereocenters. The number of benzene rings is 5. The molecule has 14 rings (SSSR count). The fourth-order valence-corrected chi connectivity index (χ4v) is 18.7. The second kappa shape index (κ2) is 35.4. The van der Waals surface area contributed by atoms with Crippen molar-refractivity contribution in [2.24, 2.45) is 52.4 Å². The zero-order chi connectivity index (χ0) is 80.0. The monoisotopic (exact) mass is 1580 g/mol. The average Bonchev–Trinajstić information content (AvgIpc) is 1.52. The predicted molar refractivity (Wildman–Crippen MR) is 415 cm³/mol. The van der Waals surface area contributed by atoms with E-state index in [1.165, 1.54) is 112 Å². The van der Waals surface area contributed by atoms with Crippen molar-refractivity contribution in [3.8, 4) is 51.4 Å². The zero-order valence-electron chi connectivity index (χ0n) is 63.5. The minimum atomic E-state index is -4.77. The Labute approximate surface area is 656 Å². The molecule has 5 saturated carbocycles. The van der Waals surface area contributed by atoms with Crippen LogP contribution in [0.25, 0.3) is 11.1 Å². The van der Waals surface area contributed by atoms with Crippen LogP contribution in [0.4, 0.5) is 0 Å². The van der Waals surface area contributed by atoms with Crippen LogP contribution in [0.3, 0.4) is 0 Å². The minimum Gasteiger partial charge on any atom is -0.508 e. The number of rotatable bonds is 22. The van der Waals surface area contributed by atoms with Crippen LogP contribution in [0, 0.1) is 40.9 Å². The van der Waals surface area contributed by atoms with Gasteiger partial charge in [0.1, 0.15) is 59.0 Å². The molecule has 16 N–H and O–H groups in total. The molecule has 602 valence electrons. The summed E-state index contributed by atoms with van der Waals surface area (Å²) < 4.78 is 61.8. The molecule has 11 bridgehead atoms. The lowest BCUT2D eigenvalue weighted by Gasteiger charge is -2.54. The number of halogens is 1. The Balaban J connectivity index is 1.00. The summed E-state index contributed by atoms with van der Waals surface area (Å²) in [6.07, 6.45) is 7.64. The molecule has 5 aromatic rings. The maximum absolute atomic E-state index is 16.2. The Bertz CT molecular complexity index is 4510. The number of phenols is 2. The van der Waals surface area contributed by atoms with Crippen LogP contribution in [0.1, 0.15) is 163 Å². The number of likely N-dealkylation sites (N-methyl/N-ethyl adjacent to an activating group) is 1. The third-order valence-electron chi connectivity index (χ3n) is 23.0. The van der Waals surface area contributed by atoms with Gasteiger partial charge in [-0.05, 0) is 201 Å². The first kappa shape index (κ1) is 82.1. The number of aromatic hydroxyl groups is 2. The summed E-state index contributed by atoms with van der Waals surface area (Å²) in [5.41, 5.74) is 13.4. The van der Waals surface area contributed by atoms with Crippen molar-refractivity contribution < 1.29 is 86.1 Å². The summed E-state index contributed by atoms with van der Waals surface area (Å²) in [5.74, 6) is -6.29. The zero-order valence-corrected chi connectivity index (χ0v) is 65.1. The van der Waals surface area contributed by atoms with Crippen molar-refractivity contribution >= 4 is 63.0 Å². The Kier molecular flexibility index (Phi) is 25.9. The van der Waals surface area contributed by atoms with Gasteiger partial charge in [0.05, 0.1) is 54.3 Å². The quantitative estimate of drug-likeness (QED) is 0.0238. The first-order chi connectivity index (χ1) is 53.6. The number of aliphatic hydroxyl groups is 2. The molecule has 30 heteroatoms. The number of amides is 7. The van der Waals surface area contributed by atoms with Gasteiger partial charge in [-0.1, -0.05) is 69.2 Å². The Morgan fingerprint density at radius 3 is 2.35 bits per heavy atom. The van der Waals surface area contributed by atoms with Gasteiger partial charge in [0.2, 0.25) is 47.6 Å². The standard InChI is InChI=1S/C82H103ClN10O18S/c1-7-9-24-108-52-17-19-54(20-18-52)112(105,106)93-68(98)36-61-79(102)91-73-48-28-47(76(111-69-35-50(94)32-53(40-84)109-69)66(31-48)110-64-22-16-46(30-59(64)83)75(99)74(81(104)89-61)92-78(101)60(86-5)25-42(3)4)13-11-10-12-43(8-2)14-23-67(97)88-62(41-87-71-49-26-44-27-55(71)58-39-82(58,37-44)38-49)56-33-51(95)34-65(107-6)70(56)57-29-45(15-21-63(57)96)72(77(85)100)90-80(73)103/h8,10-11,15-22,28-31,33-34,42-44,49-50,53,55,58,60-62,69,71-75,86-87,94-96,99H,2,7,9,12-14,23-27,32,35-41,84H2,1,3-6H3,(H2,85,100)(H,88,97)(H,89,104)(H,90,103)(H,91,102)(H,92,101)(H,93,98). The third-order valence-corrected chi connectivity index (χ3v) is 24.7. The van der Waals surface area contributed by atoms with Gasteiger partial charge in [-0.15, -0.1) is 6.58 Å². The highest BCUT2D eigenvalue weighted by Gasteiger charge is 2.69. The van der Waals surface area contributed by atoms with Crippen molar-refractivity contribution in [1.82, 2.24) is 41.9 Å². The maximum Gasteiger partial charge on any atom is 0.264 e. The van der Waals surface area contributed by atoms with E-state index in [-0.39, 0.29) is 147 Å². The SMILES string of the molecule is C=CC1CC=CCc2cc3cc(c2OC2CC(O)CC(CN)O2)Oc2ccc(cc2Cl)C(O)C(NC(=O)C(CC(C)C)NC)C(=O)NC(CC(=O)NS(=O)(=O)c2ccc(OCCCC)cc2)C(=O)NC3C(=O)NC(C(N)=O)c2ccc(O)c(c2)-c2c(OC)cc(O)cc2C(CNC2C3CC4CC2C2CC2(C4)C3)NC(=O)CC1. The summed E-state index contributed by atoms with van der Waals surface area (Å²) in [4.78, 5) is 105. The highest BCUT2D eigenvalue weighted by molar-refractivity contribution is 7.90. The summed E-state index contributed by atoms with van der Waals surface area (Å²) >= 11 is 7.16. The van der Waals surface area contributed by atoms with Crippen LogP contribution in [0.5, 0.6) is 40.2 Å². The maximum atomic E-state index is 16.2. The van der Waals surface area contributed by atoms with E-state index in [0.717, 1.165) is 32.1 Å². The molecular weight excluding hydrogens is 1480 g/mol. The van der Waals surface area contributed by atoms with Crippen LogP contribution >= 0.6 is 11.6 Å². The lowest BCUT2D eigenvalue weighted by Crippen LogP contribution is -2.59. The molecular formula is C82H103ClN10O18S. The molecule has 4 aliphatic heterocycles. The van der Waals surface area contributed by atoms with E-state index in [9.17, 15) is 48.0 Å². The number of phenolic OH excluding ortho intramolecular Hbond substituents is 2. The lowest BCUT2D eigenvalue weighted by molar-refractivity contribution is -0.172. The largest absolute Gasteiger partial charge is 0.508 e. The number of nitrogens with two attached hydrogens (primary N) is 2. The molecule has 6 fully saturated rings. The number of hydrogen-bond acceptors (Lipinski definition) is 21. The van der Waals surface area contributed by atoms with Gasteiger partial charge in [0, 0.05) is 61.2 Å². The highest BCUT2D eigenvalue weighted by atomic mass is 35.5. The summed E-state index contributed by atoms with van der Waals surface area (Å²) in [6.45, 7) is 10.4. The number of carbonyl (C=O) groups is 7. The first-order valence-electron chi connectivity index (χ1n) is 38.6. The van der Waals surface area contributed by atoms with Gasteiger partial charge >= 0.3 is 0 Å². The van der Waals surface area contributed by atoms with Gasteiger partial charge in [-0.2, -0.15) is 0 Å². The van der Waals surface area contributed by atoms with Crippen molar-refractivity contribution in [3.05, 3.63) is 143 Å². The van der Waals surface area contributed by atoms with Crippen molar-refractivity contribution in [2.75, 3.05) is 33.9 Å². The van der Waals surface area contributed by atoms with Crippen LogP contribution in [-0.4, -0.2) is 147 Å².